The summed E-state index contributed by atoms with van der Waals surface area (Å²) >= 11 is 0. The van der Waals surface area contributed by atoms with Gasteiger partial charge in [-0.2, -0.15) is 5.10 Å². The van der Waals surface area contributed by atoms with Crippen LogP contribution < -0.4 is 5.73 Å². The van der Waals surface area contributed by atoms with Crippen LogP contribution in [0.4, 0.5) is 4.39 Å². The molecule has 0 unspecified atom stereocenters. The molecular formula is C22H23FN4O. The van der Waals surface area contributed by atoms with E-state index in [-0.39, 0.29) is 17.8 Å². The Balaban J connectivity index is 1.76. The molecule has 2 aromatic carbocycles. The summed E-state index contributed by atoms with van der Waals surface area (Å²) in [4.78, 5) is 15.1. The molecule has 6 heteroatoms. The molecule has 1 aliphatic rings. The molecule has 5 nitrogen and oxygen atoms in total. The van der Waals surface area contributed by atoms with E-state index >= 15 is 0 Å². The van der Waals surface area contributed by atoms with Crippen LogP contribution in [0.1, 0.15) is 28.8 Å². The van der Waals surface area contributed by atoms with Crippen molar-refractivity contribution in [1.29, 1.82) is 0 Å². The number of aryl methyl sites for hydroxylation is 1. The maximum atomic E-state index is 13.3. The zero-order valence-corrected chi connectivity index (χ0v) is 15.8. The molecule has 144 valence electrons. The number of carbonyl (C=O) groups excluding carboxylic acids is 1. The molecule has 28 heavy (non-hydrogen) atoms. The molecule has 1 fully saturated rings. The van der Waals surface area contributed by atoms with Crippen LogP contribution in [0.25, 0.3) is 16.9 Å². The van der Waals surface area contributed by atoms with Crippen molar-refractivity contribution in [1.82, 2.24) is 14.7 Å². The van der Waals surface area contributed by atoms with Crippen molar-refractivity contribution >= 4 is 5.91 Å². The average Bonchev–Trinajstić information content (AvgIpc) is 3.14. The second-order valence-corrected chi connectivity index (χ2v) is 7.31. The number of halogens is 1. The van der Waals surface area contributed by atoms with Crippen LogP contribution in [0.5, 0.6) is 0 Å². The lowest BCUT2D eigenvalue weighted by atomic mass is 10.0. The second-order valence-electron chi connectivity index (χ2n) is 7.31. The van der Waals surface area contributed by atoms with E-state index in [0.717, 1.165) is 24.0 Å². The maximum Gasteiger partial charge on any atom is 0.257 e. The highest BCUT2D eigenvalue weighted by Crippen LogP contribution is 2.26. The molecule has 1 aliphatic heterocycles. The van der Waals surface area contributed by atoms with Gasteiger partial charge in [0.2, 0.25) is 0 Å². The number of rotatable bonds is 3. The van der Waals surface area contributed by atoms with Gasteiger partial charge in [-0.25, -0.2) is 9.07 Å². The number of piperidine rings is 1. The minimum Gasteiger partial charge on any atom is -0.338 e. The number of benzene rings is 2. The van der Waals surface area contributed by atoms with Crippen molar-refractivity contribution in [3.05, 3.63) is 71.7 Å². The van der Waals surface area contributed by atoms with Crippen LogP contribution >= 0.6 is 0 Å². The number of carbonyl (C=O) groups is 1. The molecule has 0 radical (unpaired) electrons. The first-order valence-electron chi connectivity index (χ1n) is 9.49. The van der Waals surface area contributed by atoms with Gasteiger partial charge in [0.1, 0.15) is 11.5 Å². The molecule has 2 N–H and O–H groups in total. The lowest BCUT2D eigenvalue weighted by Gasteiger charge is -2.30. The third-order valence-electron chi connectivity index (χ3n) is 5.15. The van der Waals surface area contributed by atoms with E-state index in [1.807, 2.05) is 36.1 Å². The summed E-state index contributed by atoms with van der Waals surface area (Å²) < 4.78 is 14.9. The molecule has 0 spiro atoms. The summed E-state index contributed by atoms with van der Waals surface area (Å²) in [5.74, 6) is -0.354. The van der Waals surface area contributed by atoms with Crippen molar-refractivity contribution in [2.45, 2.75) is 25.8 Å². The highest BCUT2D eigenvalue weighted by molar-refractivity contribution is 6.00. The van der Waals surface area contributed by atoms with Gasteiger partial charge in [0.05, 0.1) is 11.3 Å². The summed E-state index contributed by atoms with van der Waals surface area (Å²) in [7, 11) is 0. The molecule has 0 aliphatic carbocycles. The largest absolute Gasteiger partial charge is 0.338 e. The Hall–Kier alpha value is -2.99. The maximum absolute atomic E-state index is 13.3. The molecule has 2 heterocycles. The Morgan fingerprint density at radius 2 is 1.86 bits per heavy atom. The highest BCUT2D eigenvalue weighted by atomic mass is 19.1. The van der Waals surface area contributed by atoms with Crippen LogP contribution in [0.3, 0.4) is 0 Å². The van der Waals surface area contributed by atoms with Gasteiger partial charge in [0.15, 0.2) is 0 Å². The summed E-state index contributed by atoms with van der Waals surface area (Å²) in [6, 6.07) is 14.2. The Bertz CT molecular complexity index is 988. The van der Waals surface area contributed by atoms with E-state index in [9.17, 15) is 9.18 Å². The van der Waals surface area contributed by atoms with E-state index in [4.69, 9.17) is 5.73 Å². The van der Waals surface area contributed by atoms with Gasteiger partial charge in [0, 0.05) is 30.9 Å². The van der Waals surface area contributed by atoms with Crippen LogP contribution in [0, 0.1) is 12.7 Å². The predicted octanol–water partition coefficient (Wildman–Crippen LogP) is 3.55. The van der Waals surface area contributed by atoms with E-state index in [1.165, 1.54) is 12.1 Å². The number of nitrogens with two attached hydrogens (primary N) is 1. The van der Waals surface area contributed by atoms with E-state index in [1.54, 1.807) is 23.0 Å². The minimum atomic E-state index is -0.309. The Kier molecular flexibility index (Phi) is 4.96. The Labute approximate surface area is 163 Å². The molecule has 1 amide bonds. The summed E-state index contributed by atoms with van der Waals surface area (Å²) in [6.45, 7) is 3.30. The first kappa shape index (κ1) is 18.4. The average molecular weight is 378 g/mol. The predicted molar refractivity (Wildman–Crippen MR) is 107 cm³/mol. The minimum absolute atomic E-state index is 0.0447. The smallest absolute Gasteiger partial charge is 0.257 e. The quantitative estimate of drug-likeness (QED) is 0.758. The van der Waals surface area contributed by atoms with Crippen molar-refractivity contribution in [3.63, 3.8) is 0 Å². The molecule has 0 atom stereocenters. The first-order valence-corrected chi connectivity index (χ1v) is 9.49. The number of hydrogen-bond acceptors (Lipinski definition) is 3. The lowest BCUT2D eigenvalue weighted by molar-refractivity contribution is 0.0715. The molecule has 1 aromatic heterocycles. The fourth-order valence-corrected chi connectivity index (χ4v) is 3.53. The molecular weight excluding hydrogens is 355 g/mol. The van der Waals surface area contributed by atoms with Crippen LogP contribution in [-0.2, 0) is 0 Å². The highest BCUT2D eigenvalue weighted by Gasteiger charge is 2.26. The van der Waals surface area contributed by atoms with Gasteiger partial charge in [-0.1, -0.05) is 23.8 Å². The number of hydrogen-bond donors (Lipinski definition) is 1. The van der Waals surface area contributed by atoms with Gasteiger partial charge in [0.25, 0.3) is 5.91 Å². The standard InChI is InChI=1S/C22H23FN4O/c1-15-3-2-4-16(13-15)21-20(22(28)26-11-9-18(24)10-12-26)14-27(25-21)19-7-5-17(23)6-8-19/h2-8,13-14,18H,9-12,24H2,1H3. The monoisotopic (exact) mass is 378 g/mol. The Morgan fingerprint density at radius 1 is 1.14 bits per heavy atom. The van der Waals surface area contributed by atoms with E-state index in [2.05, 4.69) is 5.10 Å². The van der Waals surface area contributed by atoms with Gasteiger partial charge >= 0.3 is 0 Å². The number of nitrogens with zero attached hydrogens (tertiary/aromatic N) is 3. The fourth-order valence-electron chi connectivity index (χ4n) is 3.53. The summed E-state index contributed by atoms with van der Waals surface area (Å²) in [5, 5.41) is 4.67. The van der Waals surface area contributed by atoms with Crippen LogP contribution in [0.2, 0.25) is 0 Å². The summed E-state index contributed by atoms with van der Waals surface area (Å²) in [5.41, 5.74) is 9.84. The van der Waals surface area contributed by atoms with Gasteiger partial charge in [-0.05, 0) is 50.1 Å². The first-order chi connectivity index (χ1) is 13.5. The van der Waals surface area contributed by atoms with Gasteiger partial charge in [-0.3, -0.25) is 4.79 Å². The molecule has 0 bridgehead atoms. The topological polar surface area (TPSA) is 64.2 Å². The summed E-state index contributed by atoms with van der Waals surface area (Å²) in [6.07, 6.45) is 3.34. The molecule has 0 saturated carbocycles. The van der Waals surface area contributed by atoms with Gasteiger partial charge in [-0.15, -0.1) is 0 Å². The third kappa shape index (κ3) is 3.68. The lowest BCUT2D eigenvalue weighted by Crippen LogP contribution is -2.42. The molecule has 1 saturated heterocycles. The zero-order valence-electron chi connectivity index (χ0n) is 15.8. The fraction of sp³-hybridized carbons (Fsp3) is 0.273. The van der Waals surface area contributed by atoms with Crippen molar-refractivity contribution in [2.24, 2.45) is 5.73 Å². The van der Waals surface area contributed by atoms with Crippen LogP contribution in [-0.4, -0.2) is 39.7 Å². The van der Waals surface area contributed by atoms with Crippen molar-refractivity contribution < 1.29 is 9.18 Å². The molecule has 4 rings (SSSR count). The van der Waals surface area contributed by atoms with Crippen molar-refractivity contribution in [2.75, 3.05) is 13.1 Å². The van der Waals surface area contributed by atoms with E-state index in [0.29, 0.717) is 30.0 Å². The molecule has 3 aromatic rings. The zero-order chi connectivity index (χ0) is 19.7. The second kappa shape index (κ2) is 7.56. The van der Waals surface area contributed by atoms with Crippen LogP contribution in [0.15, 0.2) is 54.7 Å². The number of amides is 1. The normalized spacial score (nSPS) is 15.0. The van der Waals surface area contributed by atoms with Gasteiger partial charge < -0.3 is 10.6 Å². The third-order valence-corrected chi connectivity index (χ3v) is 5.15. The SMILES string of the molecule is Cc1cccc(-c2nn(-c3ccc(F)cc3)cc2C(=O)N2CCC(N)CC2)c1. The number of likely N-dealkylation sites (tertiary alicyclic amines) is 1. The van der Waals surface area contributed by atoms with E-state index < -0.39 is 0 Å². The number of aromatic nitrogens is 2. The Morgan fingerprint density at radius 3 is 2.54 bits per heavy atom. The van der Waals surface area contributed by atoms with Crippen molar-refractivity contribution in [3.8, 4) is 16.9 Å².